The van der Waals surface area contributed by atoms with Gasteiger partial charge >= 0.3 is 0 Å². The number of hydrogen-bond donors (Lipinski definition) is 1. The van der Waals surface area contributed by atoms with Gasteiger partial charge in [0.2, 0.25) is 0 Å². The van der Waals surface area contributed by atoms with Gasteiger partial charge in [-0.25, -0.2) is 0 Å². The second kappa shape index (κ2) is 4.82. The maximum absolute atomic E-state index is 5.94. The molecule has 0 spiro atoms. The molecule has 0 aliphatic heterocycles. The van der Waals surface area contributed by atoms with Crippen LogP contribution in [0.25, 0.3) is 23.1 Å². The van der Waals surface area contributed by atoms with E-state index in [9.17, 15) is 0 Å². The number of rotatable bonds is 2. The number of furan rings is 1. The van der Waals surface area contributed by atoms with Gasteiger partial charge in [-0.2, -0.15) is 0 Å². The third kappa shape index (κ3) is 2.64. The van der Waals surface area contributed by atoms with Crippen LogP contribution in [0.4, 0.5) is 5.69 Å². The van der Waals surface area contributed by atoms with E-state index in [2.05, 4.69) is 0 Å². The van der Waals surface area contributed by atoms with Gasteiger partial charge in [-0.3, -0.25) is 0 Å². The lowest BCUT2D eigenvalue weighted by atomic mass is 10.2. The van der Waals surface area contributed by atoms with Crippen LogP contribution in [0.5, 0.6) is 0 Å². The van der Waals surface area contributed by atoms with Crippen LogP contribution in [0.15, 0.2) is 52.9 Å². The van der Waals surface area contributed by atoms with Gasteiger partial charge in [-0.1, -0.05) is 29.8 Å². The molecule has 94 valence electrons. The number of halogens is 1. The van der Waals surface area contributed by atoms with Crippen LogP contribution in [0.3, 0.4) is 0 Å². The number of hydrogen-bond acceptors (Lipinski definition) is 2. The monoisotopic (exact) mass is 269 g/mol. The zero-order chi connectivity index (χ0) is 13.2. The predicted octanol–water partition coefficient (Wildman–Crippen LogP) is 4.84. The Kier molecular flexibility index (Phi) is 3.02. The minimum absolute atomic E-state index is 0.711. The molecule has 0 unspecified atom stereocenters. The summed E-state index contributed by atoms with van der Waals surface area (Å²) in [5, 5.41) is 1.71. The van der Waals surface area contributed by atoms with Crippen molar-refractivity contribution in [3.05, 3.63) is 64.9 Å². The topological polar surface area (TPSA) is 39.2 Å². The first-order valence-electron chi connectivity index (χ1n) is 5.93. The van der Waals surface area contributed by atoms with Crippen LogP contribution in [0, 0.1) is 0 Å². The second-order valence-corrected chi connectivity index (χ2v) is 4.77. The fourth-order valence-corrected chi connectivity index (χ4v) is 2.08. The van der Waals surface area contributed by atoms with Crippen molar-refractivity contribution in [2.75, 3.05) is 5.73 Å². The van der Waals surface area contributed by atoms with Crippen molar-refractivity contribution in [3.8, 4) is 0 Å². The van der Waals surface area contributed by atoms with Crippen LogP contribution in [-0.4, -0.2) is 0 Å². The van der Waals surface area contributed by atoms with Crippen LogP contribution in [0.2, 0.25) is 5.02 Å². The molecule has 3 aromatic rings. The van der Waals surface area contributed by atoms with E-state index in [0.717, 1.165) is 28.0 Å². The standard InChI is InChI=1S/C16H12ClNO/c17-13-4-8-16-12(9-13)10-15(19-16)7-3-11-1-5-14(18)6-2-11/h1-10H,18H2. The molecule has 0 amide bonds. The maximum Gasteiger partial charge on any atom is 0.134 e. The van der Waals surface area contributed by atoms with E-state index >= 15 is 0 Å². The highest BCUT2D eigenvalue weighted by Gasteiger charge is 2.01. The van der Waals surface area contributed by atoms with Crippen molar-refractivity contribution >= 4 is 40.4 Å². The fraction of sp³-hybridized carbons (Fsp3) is 0. The van der Waals surface area contributed by atoms with E-state index in [1.807, 2.05) is 60.7 Å². The molecular formula is C16H12ClNO. The smallest absolute Gasteiger partial charge is 0.134 e. The summed E-state index contributed by atoms with van der Waals surface area (Å²) >= 11 is 5.94. The SMILES string of the molecule is Nc1ccc(C=Cc2cc3cc(Cl)ccc3o2)cc1. The van der Waals surface area contributed by atoms with Gasteiger partial charge in [-0.15, -0.1) is 0 Å². The van der Waals surface area contributed by atoms with E-state index in [0.29, 0.717) is 5.02 Å². The molecule has 2 aromatic carbocycles. The molecule has 3 rings (SSSR count). The minimum atomic E-state index is 0.711. The van der Waals surface area contributed by atoms with Gasteiger partial charge in [0.05, 0.1) is 0 Å². The summed E-state index contributed by atoms with van der Waals surface area (Å²) in [7, 11) is 0. The van der Waals surface area contributed by atoms with Gasteiger partial charge in [0.25, 0.3) is 0 Å². The molecule has 0 bridgehead atoms. The van der Waals surface area contributed by atoms with E-state index in [4.69, 9.17) is 21.8 Å². The Bertz CT molecular complexity index is 741. The molecule has 0 aliphatic carbocycles. The highest BCUT2D eigenvalue weighted by molar-refractivity contribution is 6.31. The van der Waals surface area contributed by atoms with E-state index in [1.165, 1.54) is 0 Å². The Morgan fingerprint density at radius 3 is 2.53 bits per heavy atom. The predicted molar refractivity (Wildman–Crippen MR) is 81.0 cm³/mol. The van der Waals surface area contributed by atoms with Crippen molar-refractivity contribution in [2.24, 2.45) is 0 Å². The summed E-state index contributed by atoms with van der Waals surface area (Å²) in [4.78, 5) is 0. The largest absolute Gasteiger partial charge is 0.457 e. The molecule has 1 aromatic heterocycles. The zero-order valence-corrected chi connectivity index (χ0v) is 10.9. The van der Waals surface area contributed by atoms with E-state index in [-0.39, 0.29) is 0 Å². The normalized spacial score (nSPS) is 11.4. The quantitative estimate of drug-likeness (QED) is 0.676. The molecule has 0 aliphatic rings. The van der Waals surface area contributed by atoms with E-state index < -0.39 is 0 Å². The summed E-state index contributed by atoms with van der Waals surface area (Å²) in [6.45, 7) is 0. The number of nitrogen functional groups attached to an aromatic ring is 1. The van der Waals surface area contributed by atoms with Gasteiger partial charge in [0.1, 0.15) is 11.3 Å². The molecule has 3 heteroatoms. The lowest BCUT2D eigenvalue weighted by Gasteiger charge is -1.93. The summed E-state index contributed by atoms with van der Waals surface area (Å²) in [6, 6.07) is 15.2. The molecule has 0 fully saturated rings. The summed E-state index contributed by atoms with van der Waals surface area (Å²) in [5.74, 6) is 0.800. The van der Waals surface area contributed by atoms with Crippen LogP contribution < -0.4 is 5.73 Å². The molecule has 0 saturated carbocycles. The molecule has 2 N–H and O–H groups in total. The van der Waals surface area contributed by atoms with Crippen molar-refractivity contribution in [2.45, 2.75) is 0 Å². The summed E-state index contributed by atoms with van der Waals surface area (Å²) in [6.07, 6.45) is 3.91. The molecule has 0 saturated heterocycles. The van der Waals surface area contributed by atoms with Gasteiger partial charge in [-0.05, 0) is 48.0 Å². The zero-order valence-electron chi connectivity index (χ0n) is 10.1. The molecule has 2 nitrogen and oxygen atoms in total. The van der Waals surface area contributed by atoms with Crippen molar-refractivity contribution < 1.29 is 4.42 Å². The van der Waals surface area contributed by atoms with Crippen LogP contribution >= 0.6 is 11.6 Å². The molecular weight excluding hydrogens is 258 g/mol. The Hall–Kier alpha value is -2.19. The first kappa shape index (κ1) is 11.9. The Morgan fingerprint density at radius 1 is 0.947 bits per heavy atom. The second-order valence-electron chi connectivity index (χ2n) is 4.33. The first-order valence-corrected chi connectivity index (χ1v) is 6.31. The van der Waals surface area contributed by atoms with Gasteiger partial charge in [0, 0.05) is 16.1 Å². The van der Waals surface area contributed by atoms with E-state index in [1.54, 1.807) is 0 Å². The Balaban J connectivity index is 1.90. The highest BCUT2D eigenvalue weighted by Crippen LogP contribution is 2.24. The highest BCUT2D eigenvalue weighted by atomic mass is 35.5. The Morgan fingerprint density at radius 2 is 1.74 bits per heavy atom. The third-order valence-corrected chi connectivity index (χ3v) is 3.11. The van der Waals surface area contributed by atoms with Crippen molar-refractivity contribution in [3.63, 3.8) is 0 Å². The molecule has 0 radical (unpaired) electrons. The summed E-state index contributed by atoms with van der Waals surface area (Å²) in [5.41, 5.74) is 8.31. The average Bonchev–Trinajstić information content (AvgIpc) is 2.80. The molecule has 1 heterocycles. The number of fused-ring (bicyclic) bond motifs is 1. The van der Waals surface area contributed by atoms with Crippen molar-refractivity contribution in [1.29, 1.82) is 0 Å². The van der Waals surface area contributed by atoms with Crippen molar-refractivity contribution in [1.82, 2.24) is 0 Å². The first-order chi connectivity index (χ1) is 9.20. The van der Waals surface area contributed by atoms with Gasteiger partial charge in [0.15, 0.2) is 0 Å². The minimum Gasteiger partial charge on any atom is -0.457 e. The number of benzene rings is 2. The van der Waals surface area contributed by atoms with Crippen LogP contribution in [0.1, 0.15) is 11.3 Å². The molecule has 19 heavy (non-hydrogen) atoms. The number of nitrogens with two attached hydrogens (primary N) is 1. The lowest BCUT2D eigenvalue weighted by molar-refractivity contribution is 0.604. The Labute approximate surface area is 116 Å². The lowest BCUT2D eigenvalue weighted by Crippen LogP contribution is -1.82. The molecule has 0 atom stereocenters. The number of anilines is 1. The van der Waals surface area contributed by atoms with Crippen LogP contribution in [-0.2, 0) is 0 Å². The third-order valence-electron chi connectivity index (χ3n) is 2.87. The van der Waals surface area contributed by atoms with Gasteiger partial charge < -0.3 is 10.2 Å². The fourth-order valence-electron chi connectivity index (χ4n) is 1.90. The maximum atomic E-state index is 5.94. The average molecular weight is 270 g/mol. The summed E-state index contributed by atoms with van der Waals surface area (Å²) < 4.78 is 5.70.